The quantitative estimate of drug-likeness (QED) is 0.535. The monoisotopic (exact) mass is 175 g/mol. The lowest BCUT2D eigenvalue weighted by atomic mass is 10.3. The molecule has 0 fully saturated rings. The van der Waals surface area contributed by atoms with E-state index in [-0.39, 0.29) is 24.8 Å². The molecular formula is C7H7Cl2N. The summed E-state index contributed by atoms with van der Waals surface area (Å²) in [7, 11) is 0. The molecule has 0 saturated heterocycles. The zero-order valence-corrected chi connectivity index (χ0v) is 6.78. The standard InChI is InChI=1S/C7H5N.2ClH/c1-8-7-5-3-2-4-6-7;;/h2-6H;2*1H. The molecule has 0 saturated carbocycles. The van der Waals surface area contributed by atoms with Crippen LogP contribution in [0.25, 0.3) is 4.85 Å². The number of nitrogens with zero attached hydrogens (tertiary/aromatic N) is 1. The van der Waals surface area contributed by atoms with Crippen LogP contribution < -0.4 is 0 Å². The summed E-state index contributed by atoms with van der Waals surface area (Å²) in [4.78, 5) is 3.22. The number of hydrogen-bond acceptors (Lipinski definition) is 0. The van der Waals surface area contributed by atoms with Crippen molar-refractivity contribution in [3.63, 3.8) is 0 Å². The molecule has 0 aliphatic heterocycles. The van der Waals surface area contributed by atoms with Crippen molar-refractivity contribution in [3.05, 3.63) is 41.7 Å². The Morgan fingerprint density at radius 1 is 1.00 bits per heavy atom. The van der Waals surface area contributed by atoms with Gasteiger partial charge in [-0.25, -0.2) is 4.85 Å². The highest BCUT2D eigenvalue weighted by Crippen LogP contribution is 2.07. The molecule has 1 rings (SSSR count). The van der Waals surface area contributed by atoms with E-state index < -0.39 is 0 Å². The molecule has 0 aliphatic carbocycles. The van der Waals surface area contributed by atoms with Gasteiger partial charge >= 0.3 is 0 Å². The lowest BCUT2D eigenvalue weighted by Gasteiger charge is -1.80. The van der Waals surface area contributed by atoms with Crippen LogP contribution in [0.4, 0.5) is 5.69 Å². The van der Waals surface area contributed by atoms with Crippen LogP contribution >= 0.6 is 24.8 Å². The Bertz CT molecular complexity index is 203. The van der Waals surface area contributed by atoms with Crippen LogP contribution in [-0.4, -0.2) is 0 Å². The summed E-state index contributed by atoms with van der Waals surface area (Å²) in [6.45, 7) is 6.57. The van der Waals surface area contributed by atoms with E-state index in [9.17, 15) is 0 Å². The van der Waals surface area contributed by atoms with Gasteiger partial charge in [0.1, 0.15) is 0 Å². The van der Waals surface area contributed by atoms with E-state index in [4.69, 9.17) is 6.57 Å². The molecular weight excluding hydrogens is 169 g/mol. The summed E-state index contributed by atoms with van der Waals surface area (Å²) in [5, 5.41) is 0. The predicted molar refractivity (Wildman–Crippen MR) is 47.2 cm³/mol. The molecule has 1 aromatic rings. The molecule has 0 N–H and O–H groups in total. The van der Waals surface area contributed by atoms with Crippen LogP contribution in [0.5, 0.6) is 0 Å². The number of para-hydroxylation sites is 1. The van der Waals surface area contributed by atoms with Crippen molar-refractivity contribution in [2.24, 2.45) is 0 Å². The minimum absolute atomic E-state index is 0. The maximum Gasteiger partial charge on any atom is 0.187 e. The van der Waals surface area contributed by atoms with Crippen molar-refractivity contribution in [1.82, 2.24) is 0 Å². The number of rotatable bonds is 0. The van der Waals surface area contributed by atoms with E-state index in [1.54, 1.807) is 12.1 Å². The summed E-state index contributed by atoms with van der Waals surface area (Å²) in [6, 6.07) is 9.18. The Labute approximate surface area is 72.7 Å². The summed E-state index contributed by atoms with van der Waals surface area (Å²) in [5.41, 5.74) is 0.701. The first-order chi connectivity index (χ1) is 3.93. The van der Waals surface area contributed by atoms with Gasteiger partial charge in [0.15, 0.2) is 5.69 Å². The normalized spacial score (nSPS) is 6.30. The van der Waals surface area contributed by atoms with Crippen molar-refractivity contribution >= 4 is 30.5 Å². The third-order valence-electron chi connectivity index (χ3n) is 0.885. The Morgan fingerprint density at radius 2 is 1.50 bits per heavy atom. The average Bonchev–Trinajstić information content (AvgIpc) is 1.90. The Morgan fingerprint density at radius 3 is 1.80 bits per heavy atom. The first-order valence-corrected chi connectivity index (χ1v) is 2.36. The van der Waals surface area contributed by atoms with Gasteiger partial charge in [0.05, 0.1) is 6.57 Å². The second-order valence-corrected chi connectivity index (χ2v) is 1.45. The second kappa shape index (κ2) is 6.41. The van der Waals surface area contributed by atoms with Crippen LogP contribution in [0.2, 0.25) is 0 Å². The van der Waals surface area contributed by atoms with E-state index in [0.717, 1.165) is 0 Å². The fourth-order valence-corrected chi connectivity index (χ4v) is 0.503. The van der Waals surface area contributed by atoms with Crippen LogP contribution in [0.15, 0.2) is 30.3 Å². The minimum Gasteiger partial charge on any atom is -0.238 e. The highest BCUT2D eigenvalue weighted by molar-refractivity contribution is 5.85. The zero-order valence-electron chi connectivity index (χ0n) is 5.15. The van der Waals surface area contributed by atoms with Crippen molar-refractivity contribution in [3.8, 4) is 0 Å². The first-order valence-electron chi connectivity index (χ1n) is 2.36. The van der Waals surface area contributed by atoms with Gasteiger partial charge in [-0.15, -0.1) is 24.8 Å². The van der Waals surface area contributed by atoms with Gasteiger partial charge in [0.2, 0.25) is 0 Å². The summed E-state index contributed by atoms with van der Waals surface area (Å²) >= 11 is 0. The molecule has 0 bridgehead atoms. The summed E-state index contributed by atoms with van der Waals surface area (Å²) in [5.74, 6) is 0. The Balaban J connectivity index is 0. The van der Waals surface area contributed by atoms with Gasteiger partial charge in [0, 0.05) is 0 Å². The van der Waals surface area contributed by atoms with Crippen LogP contribution in [0, 0.1) is 6.57 Å². The van der Waals surface area contributed by atoms with Gasteiger partial charge < -0.3 is 0 Å². The fourth-order valence-electron chi connectivity index (χ4n) is 0.503. The van der Waals surface area contributed by atoms with Crippen LogP contribution in [0.3, 0.4) is 0 Å². The molecule has 0 heterocycles. The molecule has 0 unspecified atom stereocenters. The van der Waals surface area contributed by atoms with E-state index in [2.05, 4.69) is 4.85 Å². The SMILES string of the molecule is Cl.Cl.[C-]#[N+]c1ccccc1. The first kappa shape index (κ1) is 12.0. The van der Waals surface area contributed by atoms with Crippen molar-refractivity contribution in [1.29, 1.82) is 0 Å². The summed E-state index contributed by atoms with van der Waals surface area (Å²) in [6.07, 6.45) is 0. The molecule has 0 spiro atoms. The fraction of sp³-hybridized carbons (Fsp3) is 0. The smallest absolute Gasteiger partial charge is 0.187 e. The number of benzene rings is 1. The van der Waals surface area contributed by atoms with Gasteiger partial charge in [-0.3, -0.25) is 0 Å². The van der Waals surface area contributed by atoms with E-state index >= 15 is 0 Å². The minimum atomic E-state index is 0. The predicted octanol–water partition coefficient (Wildman–Crippen LogP) is 3.08. The molecule has 0 atom stereocenters. The number of halogens is 2. The second-order valence-electron chi connectivity index (χ2n) is 1.45. The van der Waals surface area contributed by atoms with Crippen molar-refractivity contribution in [2.45, 2.75) is 0 Å². The third kappa shape index (κ3) is 3.34. The van der Waals surface area contributed by atoms with E-state index in [1.807, 2.05) is 18.2 Å². The molecule has 0 radical (unpaired) electrons. The van der Waals surface area contributed by atoms with E-state index in [1.165, 1.54) is 0 Å². The highest BCUT2D eigenvalue weighted by atomic mass is 35.5. The average molecular weight is 176 g/mol. The maximum absolute atomic E-state index is 6.57. The molecule has 1 nitrogen and oxygen atoms in total. The summed E-state index contributed by atoms with van der Waals surface area (Å²) < 4.78 is 0. The van der Waals surface area contributed by atoms with Gasteiger partial charge in [-0.05, 0) is 0 Å². The third-order valence-corrected chi connectivity index (χ3v) is 0.885. The lowest BCUT2D eigenvalue weighted by molar-refractivity contribution is 1.72. The van der Waals surface area contributed by atoms with Crippen LogP contribution in [0.1, 0.15) is 0 Å². The molecule has 0 aromatic heterocycles. The zero-order chi connectivity index (χ0) is 5.82. The highest BCUT2D eigenvalue weighted by Gasteiger charge is 1.79. The maximum atomic E-state index is 6.57. The Hall–Kier alpha value is -0.710. The van der Waals surface area contributed by atoms with Gasteiger partial charge in [-0.1, -0.05) is 30.3 Å². The lowest BCUT2D eigenvalue weighted by Crippen LogP contribution is -1.54. The molecule has 3 heteroatoms. The molecule has 54 valence electrons. The van der Waals surface area contributed by atoms with Crippen LogP contribution in [-0.2, 0) is 0 Å². The van der Waals surface area contributed by atoms with Gasteiger partial charge in [0.25, 0.3) is 0 Å². The topological polar surface area (TPSA) is 4.36 Å². The Kier molecular flexibility index (Phi) is 7.70. The molecule has 10 heavy (non-hydrogen) atoms. The van der Waals surface area contributed by atoms with Gasteiger partial charge in [-0.2, -0.15) is 0 Å². The number of hydrogen-bond donors (Lipinski definition) is 0. The molecule has 0 aliphatic rings. The van der Waals surface area contributed by atoms with Crippen molar-refractivity contribution in [2.75, 3.05) is 0 Å². The largest absolute Gasteiger partial charge is 0.238 e. The van der Waals surface area contributed by atoms with Crippen molar-refractivity contribution < 1.29 is 0 Å². The molecule has 0 amide bonds. The molecule has 1 aromatic carbocycles. The van der Waals surface area contributed by atoms with E-state index in [0.29, 0.717) is 5.69 Å².